The summed E-state index contributed by atoms with van der Waals surface area (Å²) in [5.74, 6) is -2.33. The lowest BCUT2D eigenvalue weighted by Crippen LogP contribution is -2.54. The van der Waals surface area contributed by atoms with Crippen LogP contribution in [0.15, 0.2) is 12.1 Å². The van der Waals surface area contributed by atoms with Crippen LogP contribution in [0.3, 0.4) is 0 Å². The van der Waals surface area contributed by atoms with Gasteiger partial charge in [-0.1, -0.05) is 12.8 Å². The van der Waals surface area contributed by atoms with Crippen LogP contribution in [0.25, 0.3) is 0 Å². The molecule has 4 rings (SSSR count). The van der Waals surface area contributed by atoms with Gasteiger partial charge >= 0.3 is 0 Å². The second-order valence-corrected chi connectivity index (χ2v) is 8.62. The lowest BCUT2D eigenvalue weighted by Gasteiger charge is -2.47. The number of carbonyl (C=O) groups is 1. The molecule has 2 aliphatic rings. The van der Waals surface area contributed by atoms with Crippen LogP contribution >= 0.6 is 11.3 Å². The number of nitrogens with zero attached hydrogens (tertiary/aromatic N) is 4. The zero-order valence-electron chi connectivity index (χ0n) is 15.3. The molecule has 1 amide bonds. The van der Waals surface area contributed by atoms with Crippen molar-refractivity contribution in [3.8, 4) is 6.19 Å². The predicted molar refractivity (Wildman–Crippen MR) is 100 cm³/mol. The van der Waals surface area contributed by atoms with Crippen LogP contribution in [0, 0.1) is 35.7 Å². The van der Waals surface area contributed by atoms with Crippen LogP contribution in [0.4, 0.5) is 19.6 Å². The van der Waals surface area contributed by atoms with Gasteiger partial charge in [0.25, 0.3) is 5.91 Å². The first kappa shape index (κ1) is 18.7. The van der Waals surface area contributed by atoms with E-state index < -0.39 is 11.9 Å². The Morgan fingerprint density at radius 3 is 2.54 bits per heavy atom. The summed E-state index contributed by atoms with van der Waals surface area (Å²) in [5.41, 5.74) is 0.458. The Bertz CT molecular complexity index is 943. The third-order valence-corrected chi connectivity index (χ3v) is 6.83. The molecule has 6 nitrogen and oxygen atoms in total. The molecular formula is C19H19F2N5OS. The van der Waals surface area contributed by atoms with E-state index in [1.165, 1.54) is 12.8 Å². The fraction of sp³-hybridized carbons (Fsp3) is 0.474. The van der Waals surface area contributed by atoms with Crippen LogP contribution in [0.5, 0.6) is 0 Å². The normalized spacial score (nSPS) is 19.9. The van der Waals surface area contributed by atoms with Gasteiger partial charge in [-0.25, -0.2) is 9.88 Å². The average molecular weight is 403 g/mol. The second-order valence-electron chi connectivity index (χ2n) is 7.44. The number of nitriles is 1. The minimum absolute atomic E-state index is 0.0305. The fourth-order valence-corrected chi connectivity index (χ4v) is 5.19. The van der Waals surface area contributed by atoms with Gasteiger partial charge in [-0.3, -0.25) is 4.79 Å². The van der Waals surface area contributed by atoms with Gasteiger partial charge in [-0.05, 0) is 38.0 Å². The number of pyridine rings is 1. The number of anilines is 2. The third kappa shape index (κ3) is 3.22. The average Bonchev–Trinajstić information content (AvgIpc) is 3.27. The van der Waals surface area contributed by atoms with Crippen LogP contribution < -0.4 is 10.2 Å². The molecule has 0 radical (unpaired) electrons. The van der Waals surface area contributed by atoms with Crippen molar-refractivity contribution >= 4 is 28.1 Å². The molecule has 1 atom stereocenters. The highest BCUT2D eigenvalue weighted by Gasteiger charge is 2.48. The highest BCUT2D eigenvalue weighted by molar-refractivity contribution is 7.16. The molecule has 2 heterocycles. The number of rotatable bonds is 4. The molecule has 146 valence electrons. The summed E-state index contributed by atoms with van der Waals surface area (Å²) in [7, 11) is 0. The van der Waals surface area contributed by atoms with E-state index in [1.807, 2.05) is 6.19 Å². The third-order valence-electron chi connectivity index (χ3n) is 5.87. The summed E-state index contributed by atoms with van der Waals surface area (Å²) in [6.07, 6.45) is 8.72. The minimum Gasteiger partial charge on any atom is -0.347 e. The zero-order chi connectivity index (χ0) is 19.9. The minimum atomic E-state index is -1.03. The largest absolute Gasteiger partial charge is 0.347 e. The molecule has 1 unspecified atom stereocenters. The Labute approximate surface area is 165 Å². The van der Waals surface area contributed by atoms with Crippen molar-refractivity contribution in [2.24, 2.45) is 5.41 Å². The topological polar surface area (TPSA) is 81.9 Å². The molecule has 9 heteroatoms. The van der Waals surface area contributed by atoms with Gasteiger partial charge in [-0.15, -0.1) is 11.3 Å². The number of hydrogen-bond acceptors (Lipinski definition) is 6. The van der Waals surface area contributed by atoms with Gasteiger partial charge in [0, 0.05) is 23.1 Å². The van der Waals surface area contributed by atoms with Gasteiger partial charge in [0.1, 0.15) is 5.69 Å². The van der Waals surface area contributed by atoms with Crippen molar-refractivity contribution in [1.82, 2.24) is 15.3 Å². The number of carbonyl (C=O) groups excluding carboxylic acids is 1. The second kappa shape index (κ2) is 7.09. The number of aromatic nitrogens is 2. The highest BCUT2D eigenvalue weighted by atomic mass is 32.1. The van der Waals surface area contributed by atoms with E-state index in [1.54, 1.807) is 6.92 Å². The molecule has 0 bridgehead atoms. The number of nitrogens with one attached hydrogen (secondary N) is 1. The molecule has 0 saturated heterocycles. The molecule has 1 spiro atoms. The molecule has 1 N–H and O–H groups in total. The van der Waals surface area contributed by atoms with Gasteiger partial charge < -0.3 is 5.32 Å². The van der Waals surface area contributed by atoms with Crippen molar-refractivity contribution in [2.75, 3.05) is 4.90 Å². The van der Waals surface area contributed by atoms with Gasteiger partial charge in [0.2, 0.25) is 17.0 Å². The van der Waals surface area contributed by atoms with E-state index in [0.29, 0.717) is 4.88 Å². The summed E-state index contributed by atoms with van der Waals surface area (Å²) in [5, 5.41) is 12.8. The first-order valence-electron chi connectivity index (χ1n) is 9.23. The van der Waals surface area contributed by atoms with Crippen LogP contribution in [0.2, 0.25) is 0 Å². The highest BCUT2D eigenvalue weighted by Crippen LogP contribution is 2.53. The van der Waals surface area contributed by atoms with Crippen LogP contribution in [0.1, 0.15) is 53.9 Å². The van der Waals surface area contributed by atoms with Crippen molar-refractivity contribution in [2.45, 2.75) is 51.5 Å². The molecule has 2 saturated carbocycles. The lowest BCUT2D eigenvalue weighted by molar-refractivity contribution is 0.0579. The predicted octanol–water partition coefficient (Wildman–Crippen LogP) is 4.20. The summed E-state index contributed by atoms with van der Waals surface area (Å²) in [6, 6.07) is 2.06. The first-order chi connectivity index (χ1) is 13.4. The Morgan fingerprint density at radius 1 is 1.29 bits per heavy atom. The van der Waals surface area contributed by atoms with Crippen molar-refractivity contribution < 1.29 is 13.6 Å². The van der Waals surface area contributed by atoms with Crippen molar-refractivity contribution in [3.63, 3.8) is 0 Å². The summed E-state index contributed by atoms with van der Waals surface area (Å²) in [6.45, 7) is 1.74. The lowest BCUT2D eigenvalue weighted by atomic mass is 9.63. The van der Waals surface area contributed by atoms with E-state index >= 15 is 0 Å². The Morgan fingerprint density at radius 2 is 1.96 bits per heavy atom. The van der Waals surface area contributed by atoms with Crippen molar-refractivity contribution in [1.29, 1.82) is 5.26 Å². The number of aryl methyl sites for hydroxylation is 1. The molecule has 2 fully saturated rings. The smallest absolute Gasteiger partial charge is 0.271 e. The summed E-state index contributed by atoms with van der Waals surface area (Å²) < 4.78 is 26.8. The number of halogens is 2. The monoisotopic (exact) mass is 403 g/mol. The quantitative estimate of drug-likeness (QED) is 0.470. The maximum absolute atomic E-state index is 13.4. The summed E-state index contributed by atoms with van der Waals surface area (Å²) >= 11 is 1.12. The molecular weight excluding hydrogens is 384 g/mol. The Balaban J connectivity index is 1.55. The molecule has 2 aromatic rings. The van der Waals surface area contributed by atoms with Crippen molar-refractivity contribution in [3.05, 3.63) is 34.6 Å². The van der Waals surface area contributed by atoms with E-state index in [2.05, 4.69) is 15.3 Å². The summed E-state index contributed by atoms with van der Waals surface area (Å²) in [4.78, 5) is 21.7. The van der Waals surface area contributed by atoms with Crippen LogP contribution in [-0.4, -0.2) is 21.9 Å². The Kier molecular flexibility index (Phi) is 4.75. The van der Waals surface area contributed by atoms with Gasteiger partial charge in [-0.2, -0.15) is 19.0 Å². The van der Waals surface area contributed by atoms with E-state index in [-0.39, 0.29) is 33.9 Å². The maximum Gasteiger partial charge on any atom is 0.271 e. The van der Waals surface area contributed by atoms with E-state index in [0.717, 1.165) is 54.1 Å². The van der Waals surface area contributed by atoms with E-state index in [9.17, 15) is 18.8 Å². The van der Waals surface area contributed by atoms with Gasteiger partial charge in [0.15, 0.2) is 6.19 Å². The number of hydrogen-bond donors (Lipinski definition) is 1. The van der Waals surface area contributed by atoms with Crippen LogP contribution in [-0.2, 0) is 0 Å². The maximum atomic E-state index is 13.4. The zero-order valence-corrected chi connectivity index (χ0v) is 16.2. The molecule has 0 aromatic carbocycles. The SMILES string of the molecule is Cc1sc(N(C#N)c2cc(F)nc(F)c2)nc1C(=O)NC1CCC12CCCC2. The number of amides is 1. The van der Waals surface area contributed by atoms with Gasteiger partial charge in [0.05, 0.1) is 5.69 Å². The molecule has 2 aliphatic carbocycles. The number of thiazole rings is 1. The molecule has 0 aliphatic heterocycles. The molecule has 28 heavy (non-hydrogen) atoms. The molecule has 2 aromatic heterocycles. The Hall–Kier alpha value is -2.60. The standard InChI is InChI=1S/C19H19F2N5OS/c1-11-16(17(27)23-13-4-7-19(13)5-2-3-6-19)25-18(28-11)26(10-22)12-8-14(20)24-15(21)9-12/h8-9,13H,2-7H2,1H3,(H,23,27). The first-order valence-corrected chi connectivity index (χ1v) is 10.0. The van der Waals surface area contributed by atoms with E-state index in [4.69, 9.17) is 0 Å². The fourth-order valence-electron chi connectivity index (χ4n) is 4.31.